The number of aromatic amines is 1. The number of phenols is 1. The number of aliphatic hydroxyl groups excluding tert-OH is 1. The molecule has 0 fully saturated rings. The molecule has 27 heavy (non-hydrogen) atoms. The van der Waals surface area contributed by atoms with E-state index in [2.05, 4.69) is 22.5 Å². The van der Waals surface area contributed by atoms with E-state index in [4.69, 9.17) is 4.74 Å². The van der Waals surface area contributed by atoms with E-state index in [0.717, 1.165) is 40.1 Å². The number of hydrogen-bond acceptors (Lipinski definition) is 4. The molecule has 1 heterocycles. The number of ether oxygens (including phenoxy) is 1. The summed E-state index contributed by atoms with van der Waals surface area (Å²) in [7, 11) is 0. The lowest BCUT2D eigenvalue weighted by molar-refractivity contribution is 0.340. The second-order valence-corrected chi connectivity index (χ2v) is 6.48. The van der Waals surface area contributed by atoms with Gasteiger partial charge in [-0.05, 0) is 61.9 Å². The van der Waals surface area contributed by atoms with Crippen molar-refractivity contribution < 1.29 is 14.9 Å². The van der Waals surface area contributed by atoms with Gasteiger partial charge in [0, 0.05) is 29.6 Å². The van der Waals surface area contributed by atoms with Gasteiger partial charge >= 0.3 is 0 Å². The number of phenolic OH excluding ortho intramolecular Hbond substituents is 1. The van der Waals surface area contributed by atoms with Gasteiger partial charge < -0.3 is 24.8 Å². The number of rotatable bonds is 5. The first-order chi connectivity index (χ1) is 13.1. The van der Waals surface area contributed by atoms with Crippen molar-refractivity contribution in [1.82, 2.24) is 4.98 Å². The van der Waals surface area contributed by atoms with Gasteiger partial charge in [-0.15, -0.1) is 0 Å². The van der Waals surface area contributed by atoms with Crippen molar-refractivity contribution >= 4 is 22.3 Å². The van der Waals surface area contributed by atoms with Gasteiger partial charge in [0.1, 0.15) is 11.5 Å². The van der Waals surface area contributed by atoms with Crippen LogP contribution in [0.2, 0.25) is 0 Å². The number of aliphatic hydroxyl groups is 1. The topological polar surface area (TPSA) is 68.7 Å². The number of nitrogens with zero attached hydrogens (tertiary/aromatic N) is 1. The number of hydrogen-bond donors (Lipinski definition) is 3. The largest absolute Gasteiger partial charge is 0.508 e. The fraction of sp³-hybridized carbons (Fsp3) is 0.227. The quantitative estimate of drug-likeness (QED) is 0.574. The first kappa shape index (κ1) is 17.1. The van der Waals surface area contributed by atoms with Crippen molar-refractivity contribution in [3.63, 3.8) is 0 Å². The first-order valence-electron chi connectivity index (χ1n) is 9.13. The zero-order chi connectivity index (χ0) is 19.0. The number of aromatic hydroxyl groups is 1. The summed E-state index contributed by atoms with van der Waals surface area (Å²) in [6, 6.07) is 13.1. The highest BCUT2D eigenvalue weighted by atomic mass is 16.5. The fourth-order valence-corrected chi connectivity index (χ4v) is 3.61. The van der Waals surface area contributed by atoms with Crippen LogP contribution in [0, 0.1) is 0 Å². The Bertz CT molecular complexity index is 1060. The van der Waals surface area contributed by atoms with E-state index >= 15 is 0 Å². The Kier molecular flexibility index (Phi) is 4.30. The first-order valence-corrected chi connectivity index (χ1v) is 9.13. The molecular formula is C22H22N2O3. The van der Waals surface area contributed by atoms with Crippen LogP contribution in [-0.2, 0) is 6.42 Å². The minimum atomic E-state index is 0.0892. The molecule has 2 aromatic carbocycles. The minimum absolute atomic E-state index is 0.0892. The van der Waals surface area contributed by atoms with E-state index in [0.29, 0.717) is 18.7 Å². The van der Waals surface area contributed by atoms with Crippen molar-refractivity contribution in [3.05, 3.63) is 65.2 Å². The molecule has 1 aromatic heterocycles. The van der Waals surface area contributed by atoms with Crippen LogP contribution in [0.5, 0.6) is 11.5 Å². The molecular weight excluding hydrogens is 340 g/mol. The van der Waals surface area contributed by atoms with Gasteiger partial charge in [-0.25, -0.2) is 0 Å². The Labute approximate surface area is 157 Å². The highest BCUT2D eigenvalue weighted by molar-refractivity contribution is 5.90. The monoisotopic (exact) mass is 362 g/mol. The van der Waals surface area contributed by atoms with Gasteiger partial charge in [0.25, 0.3) is 0 Å². The summed E-state index contributed by atoms with van der Waals surface area (Å²) < 4.78 is 5.52. The number of likely N-dealkylation sites (N-methyl/N-ethyl adjacent to an activating group) is 1. The van der Waals surface area contributed by atoms with Crippen molar-refractivity contribution in [3.8, 4) is 11.5 Å². The van der Waals surface area contributed by atoms with Crippen LogP contribution in [0.25, 0.3) is 16.7 Å². The molecule has 0 amide bonds. The van der Waals surface area contributed by atoms with Crippen LogP contribution in [-0.4, -0.2) is 28.3 Å². The number of H-pyrrole nitrogens is 1. The summed E-state index contributed by atoms with van der Waals surface area (Å²) in [6.45, 7) is 5.41. The number of anilines is 1. The molecule has 3 N–H and O–H groups in total. The third kappa shape index (κ3) is 3.03. The molecule has 4 rings (SSSR count). The van der Waals surface area contributed by atoms with E-state index in [1.165, 1.54) is 0 Å². The van der Waals surface area contributed by atoms with Gasteiger partial charge in [-0.3, -0.25) is 0 Å². The number of fused-ring (bicyclic) bond motifs is 3. The van der Waals surface area contributed by atoms with Crippen LogP contribution >= 0.6 is 0 Å². The van der Waals surface area contributed by atoms with Crippen molar-refractivity contribution in [2.24, 2.45) is 0 Å². The normalized spacial score (nSPS) is 13.1. The Hall–Kier alpha value is -3.30. The summed E-state index contributed by atoms with van der Waals surface area (Å²) in [5.74, 6) is 1.14. The van der Waals surface area contributed by atoms with Crippen LogP contribution < -0.4 is 9.64 Å². The summed E-state index contributed by atoms with van der Waals surface area (Å²) in [6.07, 6.45) is 0.615. The van der Waals surface area contributed by atoms with E-state index in [-0.39, 0.29) is 11.5 Å². The Morgan fingerprint density at radius 2 is 1.89 bits per heavy atom. The molecule has 5 heteroatoms. The standard InChI is InChI=1S/C22H22N2O3/c1-3-24(14-5-8-17(9-6-14)27-4-2)15-11-19-18-13-16(25)7-10-20(18)23-22(19)21(26)12-15/h5-10,13,23,25-26H,3-4,11H2,1-2H3. The second-order valence-electron chi connectivity index (χ2n) is 6.48. The van der Waals surface area contributed by atoms with E-state index in [9.17, 15) is 10.2 Å². The van der Waals surface area contributed by atoms with Gasteiger partial charge in [0.15, 0.2) is 5.76 Å². The van der Waals surface area contributed by atoms with Crippen LogP contribution in [0.15, 0.2) is 53.9 Å². The smallest absolute Gasteiger partial charge is 0.185 e. The maximum atomic E-state index is 10.6. The molecule has 1 aliphatic rings. The van der Waals surface area contributed by atoms with Crippen LogP contribution in [0.4, 0.5) is 5.69 Å². The fourth-order valence-electron chi connectivity index (χ4n) is 3.61. The molecule has 0 saturated heterocycles. The zero-order valence-corrected chi connectivity index (χ0v) is 15.4. The highest BCUT2D eigenvalue weighted by Crippen LogP contribution is 2.35. The lowest BCUT2D eigenvalue weighted by atomic mass is 10.00. The summed E-state index contributed by atoms with van der Waals surface area (Å²) in [4.78, 5) is 5.34. The van der Waals surface area contributed by atoms with Crippen LogP contribution in [0.3, 0.4) is 0 Å². The maximum Gasteiger partial charge on any atom is 0.185 e. The van der Waals surface area contributed by atoms with Crippen molar-refractivity contribution in [1.29, 1.82) is 0 Å². The van der Waals surface area contributed by atoms with Gasteiger partial charge in [-0.2, -0.15) is 0 Å². The lowest BCUT2D eigenvalue weighted by Gasteiger charge is -2.26. The molecule has 0 bridgehead atoms. The van der Waals surface area contributed by atoms with E-state index in [1.54, 1.807) is 12.1 Å². The molecule has 0 spiro atoms. The highest BCUT2D eigenvalue weighted by Gasteiger charge is 2.23. The van der Waals surface area contributed by atoms with Crippen molar-refractivity contribution in [2.75, 3.05) is 18.1 Å². The maximum absolute atomic E-state index is 10.6. The second kappa shape index (κ2) is 6.78. The summed E-state index contributed by atoms with van der Waals surface area (Å²) in [5.41, 5.74) is 7.55. The van der Waals surface area contributed by atoms with Gasteiger partial charge in [-0.1, -0.05) is 5.73 Å². The summed E-state index contributed by atoms with van der Waals surface area (Å²) >= 11 is 0. The average molecular weight is 362 g/mol. The molecule has 0 atom stereocenters. The number of aromatic nitrogens is 1. The summed E-state index contributed by atoms with van der Waals surface area (Å²) in [5, 5.41) is 21.3. The Balaban J connectivity index is 1.73. The number of nitrogens with one attached hydrogen (secondary N) is 1. The Morgan fingerprint density at radius 1 is 1.11 bits per heavy atom. The molecule has 3 aromatic rings. The Morgan fingerprint density at radius 3 is 2.59 bits per heavy atom. The number of allylic oxidation sites excluding steroid dienone is 1. The predicted molar refractivity (Wildman–Crippen MR) is 107 cm³/mol. The zero-order valence-electron chi connectivity index (χ0n) is 15.4. The molecule has 5 nitrogen and oxygen atoms in total. The molecule has 0 radical (unpaired) electrons. The molecule has 0 aliphatic heterocycles. The van der Waals surface area contributed by atoms with Crippen LogP contribution in [0.1, 0.15) is 25.1 Å². The predicted octanol–water partition coefficient (Wildman–Crippen LogP) is 4.74. The minimum Gasteiger partial charge on any atom is -0.508 e. The van der Waals surface area contributed by atoms with E-state index in [1.807, 2.05) is 37.3 Å². The average Bonchev–Trinajstić information content (AvgIpc) is 3.03. The molecule has 1 aliphatic carbocycles. The van der Waals surface area contributed by atoms with E-state index < -0.39 is 0 Å². The third-order valence-corrected chi connectivity index (χ3v) is 4.83. The van der Waals surface area contributed by atoms with Crippen molar-refractivity contribution in [2.45, 2.75) is 20.3 Å². The lowest BCUT2D eigenvalue weighted by Crippen LogP contribution is -2.24. The van der Waals surface area contributed by atoms with Gasteiger partial charge in [0.05, 0.1) is 18.0 Å². The van der Waals surface area contributed by atoms with Gasteiger partial charge in [0.2, 0.25) is 0 Å². The number of benzene rings is 2. The molecule has 138 valence electrons. The SMILES string of the molecule is CCOc1ccc(N(CC)C2=C=C(O)c3[nH]c4ccc(O)cc4c3C2)cc1. The molecule has 0 saturated carbocycles. The third-order valence-electron chi connectivity index (χ3n) is 4.83. The molecule has 0 unspecified atom stereocenters.